The Bertz CT molecular complexity index is 490. The molecule has 0 bridgehead atoms. The predicted octanol–water partition coefficient (Wildman–Crippen LogP) is 0.744. The maximum atomic E-state index is 12.1. The quantitative estimate of drug-likeness (QED) is 0.699. The van der Waals surface area contributed by atoms with E-state index in [0.29, 0.717) is 22.7 Å². The summed E-state index contributed by atoms with van der Waals surface area (Å²) >= 11 is 0. The molecule has 4 N–H and O–H groups in total. The Hall–Kier alpha value is -1.95. The van der Waals surface area contributed by atoms with Gasteiger partial charge >= 0.3 is 0 Å². The van der Waals surface area contributed by atoms with Gasteiger partial charge in [0.05, 0.1) is 5.56 Å². The molecule has 0 saturated heterocycles. The number of rotatable bonds is 4. The molecule has 6 heteroatoms. The van der Waals surface area contributed by atoms with Gasteiger partial charge in [0.25, 0.3) is 5.91 Å². The normalized spacial score (nSPS) is 15.9. The van der Waals surface area contributed by atoms with Crippen LogP contribution in [0.3, 0.4) is 0 Å². The summed E-state index contributed by atoms with van der Waals surface area (Å²) in [7, 11) is 0. The van der Waals surface area contributed by atoms with Crippen LogP contribution in [0.5, 0.6) is 11.5 Å². The maximum Gasteiger partial charge on any atom is 0.253 e. The molecule has 1 aromatic carbocycles. The summed E-state index contributed by atoms with van der Waals surface area (Å²) in [5.41, 5.74) is 6.52. The molecule has 2 atom stereocenters. The Morgan fingerprint density at radius 1 is 1.42 bits per heavy atom. The van der Waals surface area contributed by atoms with Crippen molar-refractivity contribution in [2.45, 2.75) is 19.9 Å². The smallest absolute Gasteiger partial charge is 0.253 e. The molecule has 1 amide bonds. The van der Waals surface area contributed by atoms with E-state index in [2.05, 4.69) is 5.32 Å². The van der Waals surface area contributed by atoms with Crippen LogP contribution in [0, 0.1) is 5.92 Å². The van der Waals surface area contributed by atoms with Crippen LogP contribution in [-0.4, -0.2) is 30.5 Å². The van der Waals surface area contributed by atoms with Crippen molar-refractivity contribution in [3.05, 3.63) is 17.7 Å². The number of fused-ring (bicyclic) bond motifs is 1. The summed E-state index contributed by atoms with van der Waals surface area (Å²) in [6.45, 7) is 3.84. The standard InChI is InChI=1S/C13H18N2O4/c1-7(5-16)8(2)15-13(17)9-3-11-12(4-10(9)14)19-6-18-11/h3-4,7-8,16H,5-6,14H2,1-2H3,(H,15,17). The minimum atomic E-state index is -0.288. The maximum absolute atomic E-state index is 12.1. The lowest BCUT2D eigenvalue weighted by molar-refractivity contribution is 0.0916. The van der Waals surface area contributed by atoms with Crippen molar-refractivity contribution in [2.24, 2.45) is 5.92 Å². The molecular formula is C13H18N2O4. The molecular weight excluding hydrogens is 248 g/mol. The van der Waals surface area contributed by atoms with E-state index in [1.165, 1.54) is 0 Å². The monoisotopic (exact) mass is 266 g/mol. The van der Waals surface area contributed by atoms with Gasteiger partial charge in [-0.3, -0.25) is 4.79 Å². The van der Waals surface area contributed by atoms with Gasteiger partial charge in [-0.1, -0.05) is 6.92 Å². The number of hydrogen-bond acceptors (Lipinski definition) is 5. The molecule has 2 unspecified atom stereocenters. The van der Waals surface area contributed by atoms with Crippen molar-refractivity contribution >= 4 is 11.6 Å². The van der Waals surface area contributed by atoms with Crippen LogP contribution in [0.4, 0.5) is 5.69 Å². The van der Waals surface area contributed by atoms with Gasteiger partial charge in [-0.15, -0.1) is 0 Å². The zero-order chi connectivity index (χ0) is 14.0. The van der Waals surface area contributed by atoms with Crippen LogP contribution in [0.2, 0.25) is 0 Å². The van der Waals surface area contributed by atoms with E-state index in [1.807, 2.05) is 13.8 Å². The first-order valence-corrected chi connectivity index (χ1v) is 6.13. The Kier molecular flexibility index (Phi) is 3.80. The number of aliphatic hydroxyl groups is 1. The number of nitrogens with two attached hydrogens (primary N) is 1. The molecule has 19 heavy (non-hydrogen) atoms. The van der Waals surface area contributed by atoms with Gasteiger partial charge in [0.2, 0.25) is 6.79 Å². The van der Waals surface area contributed by atoms with Gasteiger partial charge in [0.1, 0.15) is 0 Å². The SMILES string of the molecule is CC(CO)C(C)NC(=O)c1cc2c(cc1N)OCO2. The third-order valence-electron chi connectivity index (χ3n) is 3.29. The summed E-state index contributed by atoms with van der Waals surface area (Å²) in [6.07, 6.45) is 0. The highest BCUT2D eigenvalue weighted by molar-refractivity contribution is 6.00. The fraction of sp³-hybridized carbons (Fsp3) is 0.462. The van der Waals surface area contributed by atoms with Crippen molar-refractivity contribution in [2.75, 3.05) is 19.1 Å². The van der Waals surface area contributed by atoms with Gasteiger partial charge in [-0.25, -0.2) is 0 Å². The Morgan fingerprint density at radius 3 is 2.68 bits per heavy atom. The summed E-state index contributed by atoms with van der Waals surface area (Å²) in [5.74, 6) is 0.746. The minimum absolute atomic E-state index is 0.0120. The molecule has 0 radical (unpaired) electrons. The number of carbonyl (C=O) groups is 1. The number of anilines is 1. The molecule has 0 aliphatic carbocycles. The number of nitrogens with one attached hydrogen (secondary N) is 1. The van der Waals surface area contributed by atoms with Crippen LogP contribution in [0.1, 0.15) is 24.2 Å². The summed E-state index contributed by atoms with van der Waals surface area (Å²) < 4.78 is 10.4. The summed E-state index contributed by atoms with van der Waals surface area (Å²) in [5, 5.41) is 11.9. The van der Waals surface area contributed by atoms with Crippen molar-refractivity contribution in [1.29, 1.82) is 0 Å². The molecule has 0 aromatic heterocycles. The average molecular weight is 266 g/mol. The molecule has 0 fully saturated rings. The third kappa shape index (κ3) is 2.73. The molecule has 6 nitrogen and oxygen atoms in total. The van der Waals surface area contributed by atoms with Crippen LogP contribution < -0.4 is 20.5 Å². The van der Waals surface area contributed by atoms with Gasteiger partial charge < -0.3 is 25.6 Å². The van der Waals surface area contributed by atoms with Gasteiger partial charge in [-0.05, 0) is 18.9 Å². The highest BCUT2D eigenvalue weighted by atomic mass is 16.7. The number of nitrogen functional groups attached to an aromatic ring is 1. The zero-order valence-electron chi connectivity index (χ0n) is 11.0. The third-order valence-corrected chi connectivity index (χ3v) is 3.29. The van der Waals surface area contributed by atoms with Crippen molar-refractivity contribution in [3.8, 4) is 11.5 Å². The van der Waals surface area contributed by atoms with Crippen LogP contribution in [0.25, 0.3) is 0 Å². The van der Waals surface area contributed by atoms with Crippen molar-refractivity contribution in [3.63, 3.8) is 0 Å². The lowest BCUT2D eigenvalue weighted by Crippen LogP contribution is -2.38. The number of hydrogen-bond donors (Lipinski definition) is 3. The van der Waals surface area contributed by atoms with Crippen LogP contribution >= 0.6 is 0 Å². The minimum Gasteiger partial charge on any atom is -0.454 e. The first-order valence-electron chi connectivity index (χ1n) is 6.13. The van der Waals surface area contributed by atoms with E-state index < -0.39 is 0 Å². The second-order valence-electron chi connectivity index (χ2n) is 4.71. The van der Waals surface area contributed by atoms with E-state index in [4.69, 9.17) is 20.3 Å². The first-order chi connectivity index (χ1) is 9.02. The summed E-state index contributed by atoms with van der Waals surface area (Å²) in [6, 6.07) is 3.00. The van der Waals surface area contributed by atoms with Crippen LogP contribution in [-0.2, 0) is 0 Å². The Balaban J connectivity index is 2.15. The summed E-state index contributed by atoms with van der Waals surface area (Å²) in [4.78, 5) is 12.1. The van der Waals surface area contributed by atoms with Gasteiger partial charge in [0, 0.05) is 24.4 Å². The van der Waals surface area contributed by atoms with Crippen molar-refractivity contribution < 1.29 is 19.4 Å². The Morgan fingerprint density at radius 2 is 2.05 bits per heavy atom. The van der Waals surface area contributed by atoms with E-state index >= 15 is 0 Å². The number of carbonyl (C=O) groups excluding carboxylic acids is 1. The zero-order valence-corrected chi connectivity index (χ0v) is 11.0. The topological polar surface area (TPSA) is 93.8 Å². The van der Waals surface area contributed by atoms with E-state index in [0.717, 1.165) is 0 Å². The highest BCUT2D eigenvalue weighted by Gasteiger charge is 2.21. The molecule has 104 valence electrons. The van der Waals surface area contributed by atoms with Crippen molar-refractivity contribution in [1.82, 2.24) is 5.32 Å². The van der Waals surface area contributed by atoms with E-state index in [1.54, 1.807) is 12.1 Å². The molecule has 1 heterocycles. The number of amides is 1. The first kappa shape index (κ1) is 13.5. The molecule has 0 spiro atoms. The Labute approximate surface area is 111 Å². The number of ether oxygens (including phenoxy) is 2. The molecule has 1 aliphatic heterocycles. The predicted molar refractivity (Wildman–Crippen MR) is 70.2 cm³/mol. The van der Waals surface area contributed by atoms with Gasteiger partial charge in [-0.2, -0.15) is 0 Å². The molecule has 0 saturated carbocycles. The number of aliphatic hydroxyl groups excluding tert-OH is 1. The molecule has 2 rings (SSSR count). The van der Waals surface area contributed by atoms with E-state index in [-0.39, 0.29) is 31.3 Å². The number of benzene rings is 1. The average Bonchev–Trinajstić information content (AvgIpc) is 2.83. The largest absolute Gasteiger partial charge is 0.454 e. The molecule has 1 aliphatic rings. The van der Waals surface area contributed by atoms with Crippen LogP contribution in [0.15, 0.2) is 12.1 Å². The fourth-order valence-electron chi connectivity index (χ4n) is 1.74. The van der Waals surface area contributed by atoms with Gasteiger partial charge in [0.15, 0.2) is 11.5 Å². The lowest BCUT2D eigenvalue weighted by Gasteiger charge is -2.19. The second-order valence-corrected chi connectivity index (χ2v) is 4.71. The second kappa shape index (κ2) is 5.36. The fourth-order valence-corrected chi connectivity index (χ4v) is 1.74. The van der Waals surface area contributed by atoms with E-state index in [9.17, 15) is 4.79 Å². The lowest BCUT2D eigenvalue weighted by atomic mass is 10.0. The highest BCUT2D eigenvalue weighted by Crippen LogP contribution is 2.35. The molecule has 1 aromatic rings.